The van der Waals surface area contributed by atoms with Crippen LogP contribution in [-0.2, 0) is 21.7 Å². The maximum Gasteiger partial charge on any atom is 0.224 e. The van der Waals surface area contributed by atoms with Crippen LogP contribution in [-0.4, -0.2) is 52.7 Å². The lowest BCUT2D eigenvalue weighted by atomic mass is 9.86. The first-order valence-electron chi connectivity index (χ1n) is 10.6. The zero-order chi connectivity index (χ0) is 23.8. The Kier molecular flexibility index (Phi) is 7.21. The van der Waals surface area contributed by atoms with Crippen LogP contribution in [0.15, 0.2) is 54.6 Å². The molecule has 3 N–H and O–H groups in total. The van der Waals surface area contributed by atoms with Crippen LogP contribution in [0.4, 0.5) is 4.39 Å². The summed E-state index contributed by atoms with van der Waals surface area (Å²) in [6.07, 6.45) is -4.61. The average molecular weight is 493 g/mol. The van der Waals surface area contributed by atoms with E-state index in [9.17, 15) is 19.7 Å². The Labute approximate surface area is 201 Å². The van der Waals surface area contributed by atoms with Crippen molar-refractivity contribution in [1.82, 2.24) is 0 Å². The van der Waals surface area contributed by atoms with Gasteiger partial charge in [-0.15, -0.1) is 22.9 Å². The number of thiophene rings is 1. The quantitative estimate of drug-likeness (QED) is 0.454. The van der Waals surface area contributed by atoms with E-state index in [1.165, 1.54) is 19.2 Å². The standard InChI is InChI=1S/C25H26ClFO5S/c1-14-3-6-17(25(31-2)24(30)23(29)22(28)20(13-26)32-25)11-16(14)12-19-9-10-21(33-19)15-4-7-18(27)8-5-15/h3-11,20,22-24,28-30H,12-13H2,1-2H3/t20-,22-,23+,24-,25+/m1/s1. The lowest BCUT2D eigenvalue weighted by Gasteiger charge is -2.47. The molecule has 0 amide bonds. The largest absolute Gasteiger partial charge is 0.388 e. The van der Waals surface area contributed by atoms with Crippen molar-refractivity contribution in [3.8, 4) is 10.4 Å². The molecular formula is C25H26ClFO5S. The van der Waals surface area contributed by atoms with Crippen molar-refractivity contribution in [2.75, 3.05) is 13.0 Å². The fourth-order valence-corrected chi connectivity index (χ4v) is 5.43. The van der Waals surface area contributed by atoms with E-state index in [1.54, 1.807) is 29.5 Å². The summed E-state index contributed by atoms with van der Waals surface area (Å²) in [5.74, 6) is -2.01. The minimum Gasteiger partial charge on any atom is -0.388 e. The third-order valence-electron chi connectivity index (χ3n) is 6.13. The summed E-state index contributed by atoms with van der Waals surface area (Å²) in [5, 5.41) is 31.4. The van der Waals surface area contributed by atoms with Crippen molar-refractivity contribution in [2.24, 2.45) is 0 Å². The van der Waals surface area contributed by atoms with Gasteiger partial charge >= 0.3 is 0 Å². The summed E-state index contributed by atoms with van der Waals surface area (Å²) in [7, 11) is 1.38. The van der Waals surface area contributed by atoms with Gasteiger partial charge < -0.3 is 24.8 Å². The van der Waals surface area contributed by atoms with Gasteiger partial charge in [0.05, 0.1) is 5.88 Å². The zero-order valence-corrected chi connectivity index (χ0v) is 19.8. The molecule has 4 rings (SSSR count). The summed E-state index contributed by atoms with van der Waals surface area (Å²) in [5.41, 5.74) is 3.51. The third kappa shape index (κ3) is 4.59. The van der Waals surface area contributed by atoms with Gasteiger partial charge in [-0.05, 0) is 53.9 Å². The van der Waals surface area contributed by atoms with Crippen molar-refractivity contribution in [1.29, 1.82) is 0 Å². The summed E-state index contributed by atoms with van der Waals surface area (Å²) >= 11 is 7.55. The Morgan fingerprint density at radius 3 is 2.45 bits per heavy atom. The topological polar surface area (TPSA) is 79.2 Å². The molecule has 1 aromatic heterocycles. The molecule has 8 heteroatoms. The molecule has 0 aliphatic carbocycles. The monoisotopic (exact) mass is 492 g/mol. The molecule has 1 aliphatic rings. The van der Waals surface area contributed by atoms with Crippen LogP contribution in [0.2, 0.25) is 0 Å². The van der Waals surface area contributed by atoms with Gasteiger partial charge in [0.25, 0.3) is 0 Å². The number of aliphatic hydroxyl groups excluding tert-OH is 3. The first kappa shape index (κ1) is 24.3. The van der Waals surface area contributed by atoms with Crippen LogP contribution in [0, 0.1) is 12.7 Å². The van der Waals surface area contributed by atoms with E-state index in [1.807, 2.05) is 31.2 Å². The van der Waals surface area contributed by atoms with Gasteiger partial charge in [0, 0.05) is 28.8 Å². The highest BCUT2D eigenvalue weighted by molar-refractivity contribution is 7.15. The molecule has 1 saturated heterocycles. The molecule has 0 spiro atoms. The number of hydrogen-bond donors (Lipinski definition) is 3. The number of methoxy groups -OCH3 is 1. The maximum absolute atomic E-state index is 13.2. The molecule has 176 valence electrons. The SMILES string of the molecule is CO[C@@]1(c2ccc(C)c(Cc3ccc(-c4ccc(F)cc4)s3)c2)O[C@H](CCl)[C@@H](O)[C@H](O)[C@H]1O. The Morgan fingerprint density at radius 2 is 1.79 bits per heavy atom. The van der Waals surface area contributed by atoms with Gasteiger partial charge in [-0.3, -0.25) is 0 Å². The number of ether oxygens (including phenoxy) is 2. The first-order chi connectivity index (χ1) is 15.8. The molecule has 2 aromatic carbocycles. The molecular weight excluding hydrogens is 467 g/mol. The minimum atomic E-state index is -1.67. The van der Waals surface area contributed by atoms with Gasteiger partial charge in [0.1, 0.15) is 30.2 Å². The minimum absolute atomic E-state index is 0.0733. The van der Waals surface area contributed by atoms with Crippen LogP contribution >= 0.6 is 22.9 Å². The molecule has 1 aliphatic heterocycles. The van der Waals surface area contributed by atoms with Crippen LogP contribution in [0.3, 0.4) is 0 Å². The molecule has 2 heterocycles. The van der Waals surface area contributed by atoms with Gasteiger partial charge in [-0.2, -0.15) is 0 Å². The highest BCUT2D eigenvalue weighted by Gasteiger charge is 2.55. The van der Waals surface area contributed by atoms with Crippen LogP contribution in [0.5, 0.6) is 0 Å². The highest BCUT2D eigenvalue weighted by atomic mass is 35.5. The number of rotatable bonds is 6. The average Bonchev–Trinajstić information content (AvgIpc) is 3.29. The van der Waals surface area contributed by atoms with E-state index in [-0.39, 0.29) is 11.7 Å². The second-order valence-corrected chi connectivity index (χ2v) is 9.68. The zero-order valence-electron chi connectivity index (χ0n) is 18.2. The number of alkyl halides is 1. The number of benzene rings is 2. The number of hydrogen-bond acceptors (Lipinski definition) is 6. The van der Waals surface area contributed by atoms with E-state index < -0.39 is 30.2 Å². The predicted molar refractivity (Wildman–Crippen MR) is 126 cm³/mol. The molecule has 33 heavy (non-hydrogen) atoms. The fraction of sp³-hybridized carbons (Fsp3) is 0.360. The molecule has 0 saturated carbocycles. The summed E-state index contributed by atoms with van der Waals surface area (Å²) in [6, 6.07) is 16.0. The summed E-state index contributed by atoms with van der Waals surface area (Å²) < 4.78 is 24.8. The molecule has 0 bridgehead atoms. The van der Waals surface area contributed by atoms with Crippen molar-refractivity contribution in [2.45, 2.75) is 43.5 Å². The maximum atomic E-state index is 13.2. The lowest BCUT2D eigenvalue weighted by Crippen LogP contribution is -2.63. The van der Waals surface area contributed by atoms with E-state index >= 15 is 0 Å². The van der Waals surface area contributed by atoms with Crippen LogP contribution < -0.4 is 0 Å². The molecule has 0 radical (unpaired) electrons. The summed E-state index contributed by atoms with van der Waals surface area (Å²) in [6.45, 7) is 1.99. The molecule has 0 unspecified atom stereocenters. The smallest absolute Gasteiger partial charge is 0.224 e. The Morgan fingerprint density at radius 1 is 1.06 bits per heavy atom. The highest BCUT2D eigenvalue weighted by Crippen LogP contribution is 2.40. The third-order valence-corrected chi connectivity index (χ3v) is 7.57. The number of halogens is 2. The van der Waals surface area contributed by atoms with Crippen LogP contribution in [0.1, 0.15) is 21.6 Å². The van der Waals surface area contributed by atoms with E-state index in [0.29, 0.717) is 12.0 Å². The van der Waals surface area contributed by atoms with Gasteiger partial charge in [0.15, 0.2) is 0 Å². The van der Waals surface area contributed by atoms with Crippen molar-refractivity contribution >= 4 is 22.9 Å². The van der Waals surface area contributed by atoms with Crippen molar-refractivity contribution < 1.29 is 29.2 Å². The van der Waals surface area contributed by atoms with E-state index in [0.717, 1.165) is 26.4 Å². The van der Waals surface area contributed by atoms with Crippen molar-refractivity contribution in [3.63, 3.8) is 0 Å². The molecule has 1 fully saturated rings. The van der Waals surface area contributed by atoms with Crippen molar-refractivity contribution in [3.05, 3.63) is 82.0 Å². The molecule has 5 nitrogen and oxygen atoms in total. The normalized spacial score (nSPS) is 27.6. The summed E-state index contributed by atoms with van der Waals surface area (Å²) in [4.78, 5) is 2.15. The Balaban J connectivity index is 1.65. The fourth-order valence-electron chi connectivity index (χ4n) is 4.15. The number of aryl methyl sites for hydroxylation is 1. The van der Waals surface area contributed by atoms with E-state index in [4.69, 9.17) is 21.1 Å². The van der Waals surface area contributed by atoms with Gasteiger partial charge in [0.2, 0.25) is 5.79 Å². The number of aliphatic hydroxyl groups is 3. The first-order valence-corrected chi connectivity index (χ1v) is 11.9. The van der Waals surface area contributed by atoms with Gasteiger partial charge in [-0.1, -0.05) is 24.3 Å². The molecule has 5 atom stereocenters. The lowest BCUT2D eigenvalue weighted by molar-refractivity contribution is -0.359. The van der Waals surface area contributed by atoms with Crippen LogP contribution in [0.25, 0.3) is 10.4 Å². The Hall–Kier alpha value is -1.84. The second-order valence-electron chi connectivity index (χ2n) is 8.20. The predicted octanol–water partition coefficient (Wildman–Crippen LogP) is 3.97. The molecule has 3 aromatic rings. The second kappa shape index (κ2) is 9.80. The van der Waals surface area contributed by atoms with E-state index in [2.05, 4.69) is 0 Å². The van der Waals surface area contributed by atoms with Gasteiger partial charge in [-0.25, -0.2) is 4.39 Å². The Bertz CT molecular complexity index is 1100.